The van der Waals surface area contributed by atoms with E-state index in [1.807, 2.05) is 31.4 Å². The van der Waals surface area contributed by atoms with Crippen LogP contribution in [0.15, 0.2) is 40.7 Å². The molecule has 1 aromatic heterocycles. The van der Waals surface area contributed by atoms with Crippen LogP contribution in [0.5, 0.6) is 0 Å². The van der Waals surface area contributed by atoms with Gasteiger partial charge < -0.3 is 0 Å². The molecule has 20 heavy (non-hydrogen) atoms. The molecule has 0 radical (unpaired) electrons. The van der Waals surface area contributed by atoms with Crippen molar-refractivity contribution in [1.29, 1.82) is 0 Å². The molecule has 1 aromatic carbocycles. The van der Waals surface area contributed by atoms with E-state index >= 15 is 0 Å². The molecule has 1 N–H and O–H groups in total. The number of aryl methyl sites for hydroxylation is 1. The van der Waals surface area contributed by atoms with Gasteiger partial charge >= 0.3 is 0 Å². The Hall–Kier alpha value is -1.95. The van der Waals surface area contributed by atoms with E-state index in [0.717, 1.165) is 23.5 Å². The number of thioether (sulfide) groups is 1. The molecule has 0 aliphatic carbocycles. The smallest absolute Gasteiger partial charge is 0.209 e. The second kappa shape index (κ2) is 7.00. The number of nitrogens with one attached hydrogen (secondary N) is 1. The number of nitrogens with zero attached hydrogens (tertiary/aromatic N) is 4. The molecule has 2 aromatic rings. The standard InChI is InChI=1S/C14H17N5S/c1-4-12(13-9-15-19-14(16-13)20-3)18-17-11-7-5-6-10(2)8-11/h5-9,17H,4H2,1-3H3. The molecule has 1 heterocycles. The third-order valence-electron chi connectivity index (χ3n) is 2.69. The van der Waals surface area contributed by atoms with Crippen LogP contribution in [0.3, 0.4) is 0 Å². The van der Waals surface area contributed by atoms with Gasteiger partial charge in [0.2, 0.25) is 5.16 Å². The summed E-state index contributed by atoms with van der Waals surface area (Å²) in [5.41, 5.74) is 6.83. The minimum atomic E-state index is 0.652. The van der Waals surface area contributed by atoms with E-state index in [-0.39, 0.29) is 0 Å². The van der Waals surface area contributed by atoms with E-state index in [0.29, 0.717) is 5.16 Å². The second-order valence-corrected chi connectivity index (χ2v) is 5.00. The van der Waals surface area contributed by atoms with Crippen LogP contribution in [-0.2, 0) is 0 Å². The Labute approximate surface area is 122 Å². The maximum Gasteiger partial charge on any atom is 0.209 e. The van der Waals surface area contributed by atoms with Gasteiger partial charge in [0.15, 0.2) is 0 Å². The lowest BCUT2D eigenvalue weighted by Crippen LogP contribution is -2.08. The zero-order valence-electron chi connectivity index (χ0n) is 11.8. The van der Waals surface area contributed by atoms with Gasteiger partial charge in [-0.25, -0.2) is 4.98 Å². The average molecular weight is 287 g/mol. The first kappa shape index (κ1) is 14.5. The van der Waals surface area contributed by atoms with Crippen LogP contribution in [0.1, 0.15) is 24.6 Å². The number of hydrogen-bond acceptors (Lipinski definition) is 6. The van der Waals surface area contributed by atoms with E-state index in [4.69, 9.17) is 0 Å². The van der Waals surface area contributed by atoms with Crippen LogP contribution in [0.25, 0.3) is 0 Å². The first-order valence-electron chi connectivity index (χ1n) is 6.36. The Balaban J connectivity index is 2.20. The van der Waals surface area contributed by atoms with E-state index < -0.39 is 0 Å². The number of aromatic nitrogens is 3. The van der Waals surface area contributed by atoms with Gasteiger partial charge in [0.1, 0.15) is 5.69 Å². The summed E-state index contributed by atoms with van der Waals surface area (Å²) in [6, 6.07) is 8.07. The maximum atomic E-state index is 4.43. The Morgan fingerprint density at radius 1 is 1.40 bits per heavy atom. The first-order valence-corrected chi connectivity index (χ1v) is 7.58. The first-order chi connectivity index (χ1) is 9.72. The zero-order valence-corrected chi connectivity index (χ0v) is 12.6. The van der Waals surface area contributed by atoms with Crippen molar-refractivity contribution in [2.24, 2.45) is 5.10 Å². The summed E-state index contributed by atoms with van der Waals surface area (Å²) in [5, 5.41) is 13.0. The summed E-state index contributed by atoms with van der Waals surface area (Å²) in [6.07, 6.45) is 4.33. The molecule has 0 saturated carbocycles. The van der Waals surface area contributed by atoms with Gasteiger partial charge in [-0.05, 0) is 37.3 Å². The normalized spacial score (nSPS) is 11.4. The lowest BCUT2D eigenvalue weighted by atomic mass is 10.2. The summed E-state index contributed by atoms with van der Waals surface area (Å²) >= 11 is 1.47. The molecule has 0 bridgehead atoms. The van der Waals surface area contributed by atoms with E-state index in [1.165, 1.54) is 17.3 Å². The number of hydrazone groups is 1. The van der Waals surface area contributed by atoms with Crippen molar-refractivity contribution in [2.45, 2.75) is 25.4 Å². The highest BCUT2D eigenvalue weighted by Gasteiger charge is 2.06. The summed E-state index contributed by atoms with van der Waals surface area (Å²) in [6.45, 7) is 4.09. The third kappa shape index (κ3) is 3.77. The molecule has 104 valence electrons. The summed E-state index contributed by atoms with van der Waals surface area (Å²) in [7, 11) is 0. The van der Waals surface area contributed by atoms with Gasteiger partial charge in [-0.1, -0.05) is 30.8 Å². The molecular formula is C14H17N5S. The minimum absolute atomic E-state index is 0.652. The lowest BCUT2D eigenvalue weighted by molar-refractivity contribution is 0.831. The molecule has 5 nitrogen and oxygen atoms in total. The Morgan fingerprint density at radius 3 is 2.95 bits per heavy atom. The van der Waals surface area contributed by atoms with Gasteiger partial charge in [0, 0.05) is 0 Å². The molecule has 0 saturated heterocycles. The molecule has 0 aliphatic rings. The number of rotatable bonds is 5. The molecular weight excluding hydrogens is 270 g/mol. The Bertz CT molecular complexity index is 612. The molecule has 0 unspecified atom stereocenters. The zero-order chi connectivity index (χ0) is 14.4. The molecule has 0 atom stereocenters. The summed E-state index contributed by atoms with van der Waals surface area (Å²) in [4.78, 5) is 4.41. The van der Waals surface area contributed by atoms with Crippen LogP contribution >= 0.6 is 11.8 Å². The largest absolute Gasteiger partial charge is 0.278 e. The van der Waals surface area contributed by atoms with Crippen LogP contribution in [0.4, 0.5) is 5.69 Å². The molecule has 2 rings (SSSR count). The van der Waals surface area contributed by atoms with Crippen LogP contribution in [0.2, 0.25) is 0 Å². The molecule has 0 fully saturated rings. The Morgan fingerprint density at radius 2 is 2.25 bits per heavy atom. The van der Waals surface area contributed by atoms with Crippen molar-refractivity contribution in [3.05, 3.63) is 41.7 Å². The van der Waals surface area contributed by atoms with Gasteiger partial charge in [-0.15, -0.1) is 5.10 Å². The summed E-state index contributed by atoms with van der Waals surface area (Å²) < 4.78 is 0. The quantitative estimate of drug-likeness (QED) is 0.520. The molecule has 0 amide bonds. The van der Waals surface area contributed by atoms with Crippen molar-refractivity contribution < 1.29 is 0 Å². The number of anilines is 1. The molecule has 0 aliphatic heterocycles. The monoisotopic (exact) mass is 287 g/mol. The van der Waals surface area contributed by atoms with Gasteiger partial charge in [-0.2, -0.15) is 10.2 Å². The van der Waals surface area contributed by atoms with Crippen molar-refractivity contribution in [1.82, 2.24) is 15.2 Å². The van der Waals surface area contributed by atoms with Gasteiger partial charge in [0.05, 0.1) is 17.6 Å². The fourth-order valence-corrected chi connectivity index (χ4v) is 2.00. The topological polar surface area (TPSA) is 63.1 Å². The highest BCUT2D eigenvalue weighted by molar-refractivity contribution is 7.98. The SMILES string of the molecule is CCC(=NNc1cccc(C)c1)c1cnnc(SC)n1. The number of hydrogen-bond donors (Lipinski definition) is 1. The fourth-order valence-electron chi connectivity index (χ4n) is 1.68. The minimum Gasteiger partial charge on any atom is -0.278 e. The van der Waals surface area contributed by atoms with Crippen LogP contribution in [0, 0.1) is 6.92 Å². The third-order valence-corrected chi connectivity index (χ3v) is 3.23. The highest BCUT2D eigenvalue weighted by atomic mass is 32.2. The molecule has 0 spiro atoms. The van der Waals surface area contributed by atoms with Crippen molar-refractivity contribution in [3.8, 4) is 0 Å². The van der Waals surface area contributed by atoms with Crippen molar-refractivity contribution >= 4 is 23.2 Å². The predicted molar refractivity (Wildman–Crippen MR) is 83.2 cm³/mol. The number of benzene rings is 1. The van der Waals surface area contributed by atoms with E-state index in [1.54, 1.807) is 6.20 Å². The Kier molecular flexibility index (Phi) is 5.06. The maximum absolute atomic E-state index is 4.43. The second-order valence-electron chi connectivity index (χ2n) is 4.22. The lowest BCUT2D eigenvalue weighted by Gasteiger charge is -2.06. The van der Waals surface area contributed by atoms with E-state index in [9.17, 15) is 0 Å². The summed E-state index contributed by atoms with van der Waals surface area (Å²) in [5.74, 6) is 0. The fraction of sp³-hybridized carbons (Fsp3) is 0.286. The van der Waals surface area contributed by atoms with Crippen molar-refractivity contribution in [3.63, 3.8) is 0 Å². The van der Waals surface area contributed by atoms with E-state index in [2.05, 4.69) is 38.7 Å². The van der Waals surface area contributed by atoms with Gasteiger partial charge in [-0.3, -0.25) is 5.43 Å². The van der Waals surface area contributed by atoms with Gasteiger partial charge in [0.25, 0.3) is 0 Å². The predicted octanol–water partition coefficient (Wildman–Crippen LogP) is 3.13. The molecule has 6 heteroatoms. The average Bonchev–Trinajstić information content (AvgIpc) is 2.48. The van der Waals surface area contributed by atoms with Crippen molar-refractivity contribution in [2.75, 3.05) is 11.7 Å². The highest BCUT2D eigenvalue weighted by Crippen LogP contribution is 2.11. The van der Waals surface area contributed by atoms with Crippen LogP contribution < -0.4 is 5.43 Å². The van der Waals surface area contributed by atoms with Crippen LogP contribution in [-0.4, -0.2) is 27.1 Å².